The lowest BCUT2D eigenvalue weighted by Crippen LogP contribution is -2.33. The molecule has 1 fully saturated rings. The summed E-state index contributed by atoms with van der Waals surface area (Å²) in [5.74, 6) is -1.17. The van der Waals surface area contributed by atoms with Gasteiger partial charge in [-0.2, -0.15) is 0 Å². The second kappa shape index (κ2) is 5.17. The Hall–Kier alpha value is -2.24. The van der Waals surface area contributed by atoms with Crippen LogP contribution >= 0.6 is 0 Å². The normalized spacial score (nSPS) is 18.5. The zero-order chi connectivity index (χ0) is 14.0. The molecule has 102 valence electrons. The monoisotopic (exact) mass is 264 g/mol. The second-order valence-corrected chi connectivity index (χ2v) is 4.26. The molecule has 0 bridgehead atoms. The summed E-state index contributed by atoms with van der Waals surface area (Å²) in [7, 11) is 3.01. The number of rotatable bonds is 4. The van der Waals surface area contributed by atoms with Gasteiger partial charge in [-0.25, -0.2) is 0 Å². The van der Waals surface area contributed by atoms with Gasteiger partial charge >= 0.3 is 0 Å². The molecule has 0 spiro atoms. The van der Waals surface area contributed by atoms with E-state index in [2.05, 4.69) is 0 Å². The van der Waals surface area contributed by atoms with Gasteiger partial charge in [0.05, 0.1) is 19.9 Å². The van der Waals surface area contributed by atoms with Crippen LogP contribution in [0.5, 0.6) is 11.5 Å². The summed E-state index contributed by atoms with van der Waals surface area (Å²) in [6.45, 7) is 0.101. The van der Waals surface area contributed by atoms with Crippen molar-refractivity contribution in [2.45, 2.75) is 6.42 Å². The zero-order valence-electron chi connectivity index (χ0n) is 10.7. The van der Waals surface area contributed by atoms with Crippen LogP contribution in [-0.4, -0.2) is 32.6 Å². The summed E-state index contributed by atoms with van der Waals surface area (Å²) in [5, 5.41) is 10.8. The first kappa shape index (κ1) is 13.2. The summed E-state index contributed by atoms with van der Waals surface area (Å²) >= 11 is 0. The Bertz CT molecular complexity index is 514. The van der Waals surface area contributed by atoms with Crippen LogP contribution in [0.3, 0.4) is 0 Å². The lowest BCUT2D eigenvalue weighted by atomic mass is 10.1. The van der Waals surface area contributed by atoms with E-state index in [-0.39, 0.29) is 18.9 Å². The molecule has 1 aromatic rings. The van der Waals surface area contributed by atoms with E-state index < -0.39 is 11.9 Å². The molecular formula is C13H14NO5-. The highest BCUT2D eigenvalue weighted by Crippen LogP contribution is 2.35. The van der Waals surface area contributed by atoms with Crippen molar-refractivity contribution in [3.8, 4) is 11.5 Å². The number of hydrogen-bond acceptors (Lipinski definition) is 5. The molecule has 6 nitrogen and oxygen atoms in total. The number of carbonyl (C=O) groups is 2. The molecule has 0 N–H and O–H groups in total. The molecule has 1 aliphatic rings. The van der Waals surface area contributed by atoms with Gasteiger partial charge in [0.1, 0.15) is 11.5 Å². The first-order chi connectivity index (χ1) is 9.06. The lowest BCUT2D eigenvalue weighted by Gasteiger charge is -2.20. The van der Waals surface area contributed by atoms with Crippen LogP contribution in [-0.2, 0) is 9.59 Å². The summed E-state index contributed by atoms with van der Waals surface area (Å²) in [5.41, 5.74) is 0.539. The number of carboxylic acid groups (broad SMARTS) is 1. The third kappa shape index (κ3) is 2.47. The molecule has 19 heavy (non-hydrogen) atoms. The van der Waals surface area contributed by atoms with Crippen molar-refractivity contribution in [3.63, 3.8) is 0 Å². The Balaban J connectivity index is 2.31. The summed E-state index contributed by atoms with van der Waals surface area (Å²) in [6, 6.07) is 5.01. The molecular weight excluding hydrogens is 250 g/mol. The average Bonchev–Trinajstić information content (AvgIpc) is 2.80. The molecule has 1 aliphatic heterocycles. The average molecular weight is 264 g/mol. The van der Waals surface area contributed by atoms with E-state index >= 15 is 0 Å². The van der Waals surface area contributed by atoms with Crippen molar-refractivity contribution in [3.05, 3.63) is 18.2 Å². The van der Waals surface area contributed by atoms with Gasteiger partial charge in [0.15, 0.2) is 0 Å². The van der Waals surface area contributed by atoms with Crippen LogP contribution in [0.2, 0.25) is 0 Å². The summed E-state index contributed by atoms with van der Waals surface area (Å²) in [6.07, 6.45) is -0.0441. The smallest absolute Gasteiger partial charge is 0.227 e. The maximum atomic E-state index is 11.9. The predicted octanol–water partition coefficient (Wildman–Crippen LogP) is -0.193. The quantitative estimate of drug-likeness (QED) is 0.753. The maximum absolute atomic E-state index is 11.9. The van der Waals surface area contributed by atoms with E-state index in [1.165, 1.54) is 19.1 Å². The number of nitrogens with zero attached hydrogens (tertiary/aromatic N) is 1. The predicted molar refractivity (Wildman–Crippen MR) is 65.0 cm³/mol. The SMILES string of the molecule is COc1ccc(N2C[C@H](C(=O)[O-])CC2=O)c(OC)c1. The van der Waals surface area contributed by atoms with Crippen LogP contribution in [0.4, 0.5) is 5.69 Å². The van der Waals surface area contributed by atoms with E-state index in [0.717, 1.165) is 0 Å². The van der Waals surface area contributed by atoms with Crippen molar-refractivity contribution in [2.75, 3.05) is 25.7 Å². The number of carboxylic acids is 1. The summed E-state index contributed by atoms with van der Waals surface area (Å²) < 4.78 is 10.3. The highest BCUT2D eigenvalue weighted by molar-refractivity contribution is 6.00. The second-order valence-electron chi connectivity index (χ2n) is 4.26. The number of methoxy groups -OCH3 is 2. The number of anilines is 1. The Kier molecular flexibility index (Phi) is 3.59. The fourth-order valence-electron chi connectivity index (χ4n) is 2.11. The largest absolute Gasteiger partial charge is 0.550 e. The van der Waals surface area contributed by atoms with Gasteiger partial charge < -0.3 is 24.3 Å². The van der Waals surface area contributed by atoms with Gasteiger partial charge in [-0.3, -0.25) is 4.79 Å². The molecule has 6 heteroatoms. The molecule has 1 atom stereocenters. The Morgan fingerprint density at radius 1 is 1.37 bits per heavy atom. The number of benzene rings is 1. The topological polar surface area (TPSA) is 78.9 Å². The minimum atomic E-state index is -1.21. The minimum Gasteiger partial charge on any atom is -0.550 e. The fourth-order valence-corrected chi connectivity index (χ4v) is 2.11. The molecule has 0 aliphatic carbocycles. The molecule has 0 unspecified atom stereocenters. The van der Waals surface area contributed by atoms with Gasteiger partial charge in [0, 0.05) is 30.9 Å². The van der Waals surface area contributed by atoms with Crippen molar-refractivity contribution >= 4 is 17.6 Å². The van der Waals surface area contributed by atoms with Crippen LogP contribution in [0.15, 0.2) is 18.2 Å². The van der Waals surface area contributed by atoms with Gasteiger partial charge in [-0.1, -0.05) is 0 Å². The molecule has 1 heterocycles. The Morgan fingerprint density at radius 3 is 2.63 bits per heavy atom. The minimum absolute atomic E-state index is 0.0441. The van der Waals surface area contributed by atoms with E-state index in [0.29, 0.717) is 17.2 Å². The number of hydrogen-bond donors (Lipinski definition) is 0. The van der Waals surface area contributed by atoms with Crippen molar-refractivity contribution in [1.82, 2.24) is 0 Å². The fraction of sp³-hybridized carbons (Fsp3) is 0.385. The summed E-state index contributed by atoms with van der Waals surface area (Å²) in [4.78, 5) is 24.1. The Morgan fingerprint density at radius 2 is 2.11 bits per heavy atom. The van der Waals surface area contributed by atoms with Gasteiger partial charge in [0.25, 0.3) is 0 Å². The Labute approximate surface area is 110 Å². The first-order valence-corrected chi connectivity index (χ1v) is 5.80. The van der Waals surface area contributed by atoms with E-state index in [1.54, 1.807) is 18.2 Å². The number of carbonyl (C=O) groups excluding carboxylic acids is 2. The van der Waals surface area contributed by atoms with Crippen LogP contribution < -0.4 is 19.5 Å². The first-order valence-electron chi connectivity index (χ1n) is 5.80. The zero-order valence-corrected chi connectivity index (χ0v) is 10.7. The highest BCUT2D eigenvalue weighted by atomic mass is 16.5. The molecule has 1 saturated heterocycles. The van der Waals surface area contributed by atoms with E-state index in [9.17, 15) is 14.7 Å². The number of amides is 1. The van der Waals surface area contributed by atoms with Crippen molar-refractivity contribution < 1.29 is 24.2 Å². The highest BCUT2D eigenvalue weighted by Gasteiger charge is 2.32. The van der Waals surface area contributed by atoms with Gasteiger partial charge in [-0.05, 0) is 12.1 Å². The third-order valence-corrected chi connectivity index (χ3v) is 3.14. The van der Waals surface area contributed by atoms with Gasteiger partial charge in [0.2, 0.25) is 5.91 Å². The molecule has 2 rings (SSSR count). The van der Waals surface area contributed by atoms with Crippen molar-refractivity contribution in [1.29, 1.82) is 0 Å². The van der Waals surface area contributed by atoms with E-state index in [4.69, 9.17) is 9.47 Å². The van der Waals surface area contributed by atoms with Crippen LogP contribution in [0, 0.1) is 5.92 Å². The molecule has 0 radical (unpaired) electrons. The van der Waals surface area contributed by atoms with Crippen LogP contribution in [0.25, 0.3) is 0 Å². The number of aliphatic carboxylic acids is 1. The molecule has 0 aromatic heterocycles. The van der Waals surface area contributed by atoms with Crippen molar-refractivity contribution in [2.24, 2.45) is 5.92 Å². The standard InChI is InChI=1S/C13H15NO5/c1-18-9-3-4-10(11(6-9)19-2)14-7-8(13(16)17)5-12(14)15/h3-4,6,8H,5,7H2,1-2H3,(H,16,17)/p-1/t8-/m1/s1. The molecule has 0 saturated carbocycles. The number of ether oxygens (including phenoxy) is 2. The molecule has 1 amide bonds. The lowest BCUT2D eigenvalue weighted by molar-refractivity contribution is -0.310. The third-order valence-electron chi connectivity index (χ3n) is 3.14. The maximum Gasteiger partial charge on any atom is 0.227 e. The van der Waals surface area contributed by atoms with E-state index in [1.807, 2.05) is 0 Å². The van der Waals surface area contributed by atoms with Crippen LogP contribution in [0.1, 0.15) is 6.42 Å². The molecule has 1 aromatic carbocycles. The van der Waals surface area contributed by atoms with Gasteiger partial charge in [-0.15, -0.1) is 0 Å².